The highest BCUT2D eigenvalue weighted by atomic mass is 16.4. The van der Waals surface area contributed by atoms with Crippen LogP contribution in [-0.4, -0.2) is 65.2 Å². The van der Waals surface area contributed by atoms with Gasteiger partial charge in [-0.25, -0.2) is 4.79 Å². The molecule has 21 heavy (non-hydrogen) atoms. The van der Waals surface area contributed by atoms with Gasteiger partial charge in [0.1, 0.15) is 0 Å². The van der Waals surface area contributed by atoms with Crippen LogP contribution in [0, 0.1) is 5.41 Å². The van der Waals surface area contributed by atoms with Gasteiger partial charge in [-0.3, -0.25) is 9.69 Å². The van der Waals surface area contributed by atoms with E-state index in [1.165, 1.54) is 0 Å². The van der Waals surface area contributed by atoms with Gasteiger partial charge in [0.2, 0.25) is 0 Å². The van der Waals surface area contributed by atoms with Gasteiger partial charge in [0.15, 0.2) is 0 Å². The topological polar surface area (TPSA) is 72.9 Å². The minimum atomic E-state index is -0.836. The van der Waals surface area contributed by atoms with Crippen molar-refractivity contribution in [3.8, 4) is 0 Å². The highest BCUT2D eigenvalue weighted by Gasteiger charge is 2.46. The number of carbonyl (C=O) groups excluding carboxylic acids is 1. The molecule has 0 aromatic rings. The second-order valence-electron chi connectivity index (χ2n) is 7.27. The van der Waals surface area contributed by atoms with Crippen molar-refractivity contribution in [1.29, 1.82) is 0 Å². The van der Waals surface area contributed by atoms with E-state index in [4.69, 9.17) is 0 Å². The zero-order valence-electron chi connectivity index (χ0n) is 13.5. The molecule has 2 atom stereocenters. The molecule has 2 amide bonds. The van der Waals surface area contributed by atoms with Gasteiger partial charge in [0.25, 0.3) is 0 Å². The Bertz CT molecular complexity index is 438. The van der Waals surface area contributed by atoms with E-state index in [2.05, 4.69) is 31.1 Å². The van der Waals surface area contributed by atoms with Crippen molar-refractivity contribution < 1.29 is 14.7 Å². The van der Waals surface area contributed by atoms with Gasteiger partial charge in [-0.05, 0) is 40.7 Å². The molecule has 0 spiro atoms. The molecule has 2 aliphatic rings. The summed E-state index contributed by atoms with van der Waals surface area (Å²) in [5, 5.41) is 12.4. The van der Waals surface area contributed by atoms with Crippen molar-refractivity contribution in [2.45, 2.75) is 51.6 Å². The fourth-order valence-corrected chi connectivity index (χ4v) is 3.31. The normalized spacial score (nSPS) is 33.0. The number of hydrogen-bond acceptors (Lipinski definition) is 3. The summed E-state index contributed by atoms with van der Waals surface area (Å²) < 4.78 is 0. The predicted octanol–water partition coefficient (Wildman–Crippen LogP) is 1.37. The number of rotatable bonds is 2. The molecule has 2 N–H and O–H groups in total. The summed E-state index contributed by atoms with van der Waals surface area (Å²) in [6.07, 6.45) is 2.22. The molecule has 0 radical (unpaired) electrons. The number of urea groups is 1. The van der Waals surface area contributed by atoms with Crippen LogP contribution in [0.15, 0.2) is 0 Å². The van der Waals surface area contributed by atoms with E-state index in [-0.39, 0.29) is 17.6 Å². The van der Waals surface area contributed by atoms with E-state index < -0.39 is 11.4 Å². The molecule has 1 saturated heterocycles. The van der Waals surface area contributed by atoms with Gasteiger partial charge in [0.05, 0.1) is 5.41 Å². The van der Waals surface area contributed by atoms with Crippen LogP contribution in [0.3, 0.4) is 0 Å². The monoisotopic (exact) mass is 297 g/mol. The lowest BCUT2D eigenvalue weighted by molar-refractivity contribution is -0.148. The molecular weight excluding hydrogens is 270 g/mol. The van der Waals surface area contributed by atoms with Crippen LogP contribution in [0.5, 0.6) is 0 Å². The molecule has 1 aliphatic carbocycles. The molecule has 2 unspecified atom stereocenters. The van der Waals surface area contributed by atoms with Crippen LogP contribution in [0.1, 0.15) is 40.0 Å². The van der Waals surface area contributed by atoms with Crippen LogP contribution in [0.2, 0.25) is 0 Å². The Morgan fingerprint density at radius 3 is 2.48 bits per heavy atom. The average molecular weight is 297 g/mol. The van der Waals surface area contributed by atoms with E-state index in [1.807, 2.05) is 0 Å². The van der Waals surface area contributed by atoms with Crippen LogP contribution < -0.4 is 5.32 Å². The maximum atomic E-state index is 12.5. The van der Waals surface area contributed by atoms with Gasteiger partial charge < -0.3 is 15.3 Å². The number of nitrogens with one attached hydrogen (secondary N) is 1. The molecule has 1 saturated carbocycles. The summed E-state index contributed by atoms with van der Waals surface area (Å²) in [6, 6.07) is -0.402. The van der Waals surface area contributed by atoms with Gasteiger partial charge in [-0.1, -0.05) is 6.42 Å². The van der Waals surface area contributed by atoms with Crippen molar-refractivity contribution in [3.05, 3.63) is 0 Å². The van der Waals surface area contributed by atoms with E-state index in [9.17, 15) is 14.7 Å². The van der Waals surface area contributed by atoms with Crippen molar-refractivity contribution >= 4 is 12.0 Å². The van der Waals surface area contributed by atoms with Crippen molar-refractivity contribution in [2.75, 3.05) is 26.7 Å². The molecule has 1 heterocycles. The molecule has 0 aromatic heterocycles. The number of amides is 2. The molecule has 2 rings (SSSR count). The number of carbonyl (C=O) groups is 2. The largest absolute Gasteiger partial charge is 0.481 e. The highest BCUT2D eigenvalue weighted by molar-refractivity contribution is 5.79. The van der Waals surface area contributed by atoms with Crippen molar-refractivity contribution in [1.82, 2.24) is 15.1 Å². The molecule has 6 nitrogen and oxygen atoms in total. The number of nitrogens with zero attached hydrogens (tertiary/aromatic N) is 2. The predicted molar refractivity (Wildman–Crippen MR) is 80.2 cm³/mol. The van der Waals surface area contributed by atoms with Gasteiger partial charge in [-0.2, -0.15) is 0 Å². The van der Waals surface area contributed by atoms with Crippen LogP contribution in [-0.2, 0) is 4.79 Å². The zero-order chi connectivity index (χ0) is 15.8. The number of likely N-dealkylation sites (N-methyl/N-ethyl adjacent to an activating group) is 1. The third-order valence-corrected chi connectivity index (χ3v) is 5.35. The highest BCUT2D eigenvalue weighted by Crippen LogP contribution is 2.38. The Labute approximate surface area is 126 Å². The summed E-state index contributed by atoms with van der Waals surface area (Å²) in [7, 11) is 2.06. The van der Waals surface area contributed by atoms with E-state index in [0.29, 0.717) is 19.5 Å². The number of piperazine rings is 1. The number of carboxylic acids is 1. The minimum absolute atomic E-state index is 0.0542. The maximum Gasteiger partial charge on any atom is 0.317 e. The SMILES string of the molecule is CN1CCN(C(=O)NC2CCCC2(C)C(=O)O)CC1(C)C. The van der Waals surface area contributed by atoms with Crippen molar-refractivity contribution in [2.24, 2.45) is 5.41 Å². The summed E-state index contributed by atoms with van der Waals surface area (Å²) in [5.41, 5.74) is -0.890. The lowest BCUT2D eigenvalue weighted by atomic mass is 9.85. The second kappa shape index (κ2) is 5.48. The first-order valence-electron chi connectivity index (χ1n) is 7.67. The van der Waals surface area contributed by atoms with Crippen LogP contribution >= 0.6 is 0 Å². The first kappa shape index (κ1) is 16.1. The van der Waals surface area contributed by atoms with Gasteiger partial charge in [-0.15, -0.1) is 0 Å². The number of carboxylic acid groups (broad SMARTS) is 1. The first-order chi connectivity index (χ1) is 9.67. The number of hydrogen-bond donors (Lipinski definition) is 2. The summed E-state index contributed by atoms with van der Waals surface area (Å²) in [4.78, 5) is 28.0. The quantitative estimate of drug-likeness (QED) is 0.807. The van der Waals surface area contributed by atoms with Crippen molar-refractivity contribution in [3.63, 3.8) is 0 Å². The third kappa shape index (κ3) is 3.00. The smallest absolute Gasteiger partial charge is 0.317 e. The van der Waals surface area contributed by atoms with Gasteiger partial charge in [0, 0.05) is 31.2 Å². The molecule has 1 aliphatic heterocycles. The lowest BCUT2D eigenvalue weighted by Crippen LogP contribution is -2.62. The van der Waals surface area contributed by atoms with Crippen LogP contribution in [0.4, 0.5) is 4.79 Å². The fraction of sp³-hybridized carbons (Fsp3) is 0.867. The van der Waals surface area contributed by atoms with Gasteiger partial charge >= 0.3 is 12.0 Å². The summed E-state index contributed by atoms with van der Waals surface area (Å²) in [5.74, 6) is -0.816. The van der Waals surface area contributed by atoms with E-state index in [0.717, 1.165) is 19.4 Å². The molecule has 0 bridgehead atoms. The molecule has 6 heteroatoms. The zero-order valence-corrected chi connectivity index (χ0v) is 13.5. The Hall–Kier alpha value is -1.30. The first-order valence-corrected chi connectivity index (χ1v) is 7.67. The molecule has 0 aromatic carbocycles. The number of aliphatic carboxylic acids is 1. The second-order valence-corrected chi connectivity index (χ2v) is 7.27. The molecule has 2 fully saturated rings. The Balaban J connectivity index is 2.00. The Morgan fingerprint density at radius 1 is 1.24 bits per heavy atom. The Morgan fingerprint density at radius 2 is 1.90 bits per heavy atom. The maximum absolute atomic E-state index is 12.5. The average Bonchev–Trinajstić information content (AvgIpc) is 2.75. The fourth-order valence-electron chi connectivity index (χ4n) is 3.31. The summed E-state index contributed by atoms with van der Waals surface area (Å²) in [6.45, 7) is 8.14. The van der Waals surface area contributed by atoms with E-state index >= 15 is 0 Å². The lowest BCUT2D eigenvalue weighted by Gasteiger charge is -2.45. The molecular formula is C15H27N3O3. The van der Waals surface area contributed by atoms with E-state index in [1.54, 1.807) is 11.8 Å². The molecule has 120 valence electrons. The van der Waals surface area contributed by atoms with Crippen LogP contribution in [0.25, 0.3) is 0 Å². The Kier molecular flexibility index (Phi) is 4.19. The summed E-state index contributed by atoms with van der Waals surface area (Å²) >= 11 is 0. The standard InChI is InChI=1S/C15H27N3O3/c1-14(2)10-18(9-8-17(14)4)13(21)16-11-6-5-7-15(11,3)12(19)20/h11H,5-10H2,1-4H3,(H,16,21)(H,19,20). The minimum Gasteiger partial charge on any atom is -0.481 e. The third-order valence-electron chi connectivity index (χ3n) is 5.35.